The highest BCUT2D eigenvalue weighted by atomic mass is 15.2. The third-order valence-corrected chi connectivity index (χ3v) is 12.4. The van der Waals surface area contributed by atoms with Gasteiger partial charge in [0.05, 0.1) is 0 Å². The zero-order valence-electron chi connectivity index (χ0n) is 34.1. The predicted octanol–water partition coefficient (Wildman–Crippen LogP) is 12.6. The highest BCUT2D eigenvalue weighted by Crippen LogP contribution is 2.45. The largest absolute Gasteiger partial charge is 0.295 e. The summed E-state index contributed by atoms with van der Waals surface area (Å²) < 4.78 is 0. The van der Waals surface area contributed by atoms with Crippen molar-refractivity contribution in [3.05, 3.63) is 197 Å². The summed E-state index contributed by atoms with van der Waals surface area (Å²) in [6.07, 6.45) is 2.06. The molecular formula is C55H45BN2. The van der Waals surface area contributed by atoms with Crippen molar-refractivity contribution >= 4 is 83.4 Å². The van der Waals surface area contributed by atoms with E-state index in [0.717, 1.165) is 22.8 Å². The summed E-state index contributed by atoms with van der Waals surface area (Å²) in [5, 5.41) is 10.3. The van der Waals surface area contributed by atoms with Gasteiger partial charge in [-0.25, -0.2) is 4.98 Å². The molecule has 0 unspecified atom stereocenters. The molecule has 0 amide bonds. The van der Waals surface area contributed by atoms with Crippen LogP contribution in [0.4, 0.5) is 17.2 Å². The van der Waals surface area contributed by atoms with E-state index in [1.165, 1.54) is 98.4 Å². The molecule has 0 N–H and O–H groups in total. The van der Waals surface area contributed by atoms with Gasteiger partial charge in [-0.05, 0) is 127 Å². The SMILES string of the molecule is Cc1cc(C)c(B(c2c(C)cc(C)cc2C)c2ccc3c4ccccc4c4c(-c5ccc(N(c6ccccc6)c6ccccc6)nc5)ccc5ccc2c3c54)c(C)c1. The Hall–Kier alpha value is -6.71. The lowest BCUT2D eigenvalue weighted by Crippen LogP contribution is -2.56. The number of hydrogen-bond acceptors (Lipinski definition) is 2. The molecule has 0 aliphatic heterocycles. The first-order valence-corrected chi connectivity index (χ1v) is 20.4. The summed E-state index contributed by atoms with van der Waals surface area (Å²) in [5.41, 5.74) is 16.6. The Morgan fingerprint density at radius 2 is 0.948 bits per heavy atom. The van der Waals surface area contributed by atoms with E-state index in [2.05, 4.69) is 210 Å². The van der Waals surface area contributed by atoms with Gasteiger partial charge in [0.25, 0.3) is 0 Å². The van der Waals surface area contributed by atoms with Crippen LogP contribution in [0.2, 0.25) is 0 Å². The van der Waals surface area contributed by atoms with Crippen LogP contribution in [0.5, 0.6) is 0 Å². The Kier molecular flexibility index (Phi) is 8.64. The molecule has 0 aliphatic rings. The number of aryl methyl sites for hydroxylation is 6. The minimum Gasteiger partial charge on any atom is -0.295 e. The number of nitrogens with zero attached hydrogens (tertiary/aromatic N) is 2. The molecular weight excluding hydrogens is 699 g/mol. The predicted molar refractivity (Wildman–Crippen MR) is 252 cm³/mol. The van der Waals surface area contributed by atoms with E-state index in [9.17, 15) is 0 Å². The number of hydrogen-bond donors (Lipinski definition) is 0. The molecule has 2 nitrogen and oxygen atoms in total. The topological polar surface area (TPSA) is 16.1 Å². The second-order valence-electron chi connectivity index (χ2n) is 16.3. The third-order valence-electron chi connectivity index (χ3n) is 12.4. The van der Waals surface area contributed by atoms with E-state index in [-0.39, 0.29) is 6.71 Å². The molecule has 9 aromatic carbocycles. The first-order chi connectivity index (χ1) is 28.3. The lowest BCUT2D eigenvalue weighted by atomic mass is 9.33. The quantitative estimate of drug-likeness (QED) is 0.0918. The minimum atomic E-state index is 0.0745. The lowest BCUT2D eigenvalue weighted by molar-refractivity contribution is 1.18. The fraction of sp³-hybridized carbons (Fsp3) is 0.109. The fourth-order valence-electron chi connectivity index (χ4n) is 10.2. The maximum absolute atomic E-state index is 5.17. The Bertz CT molecular complexity index is 3020. The van der Waals surface area contributed by atoms with Crippen molar-refractivity contribution in [1.29, 1.82) is 0 Å². The molecule has 0 spiro atoms. The van der Waals surface area contributed by atoms with Gasteiger partial charge < -0.3 is 0 Å². The van der Waals surface area contributed by atoms with Crippen LogP contribution < -0.4 is 21.3 Å². The van der Waals surface area contributed by atoms with Crippen molar-refractivity contribution in [3.63, 3.8) is 0 Å². The molecule has 0 saturated carbocycles. The highest BCUT2D eigenvalue weighted by Gasteiger charge is 2.31. The Balaban J connectivity index is 1.23. The molecule has 3 heteroatoms. The molecule has 10 rings (SSSR count). The van der Waals surface area contributed by atoms with E-state index in [0.29, 0.717) is 0 Å². The number of anilines is 3. The Labute approximate surface area is 341 Å². The van der Waals surface area contributed by atoms with Crippen LogP contribution >= 0.6 is 0 Å². The zero-order valence-corrected chi connectivity index (χ0v) is 34.1. The number of rotatable bonds is 7. The van der Waals surface area contributed by atoms with Crippen molar-refractivity contribution in [2.45, 2.75) is 41.5 Å². The van der Waals surface area contributed by atoms with Gasteiger partial charge >= 0.3 is 0 Å². The van der Waals surface area contributed by atoms with Gasteiger partial charge in [0.1, 0.15) is 5.82 Å². The molecule has 0 radical (unpaired) electrons. The van der Waals surface area contributed by atoms with Crippen molar-refractivity contribution in [1.82, 2.24) is 4.98 Å². The smallest absolute Gasteiger partial charge is 0.243 e. The van der Waals surface area contributed by atoms with E-state index in [4.69, 9.17) is 4.98 Å². The van der Waals surface area contributed by atoms with Crippen LogP contribution in [-0.4, -0.2) is 11.7 Å². The number of fused-ring (bicyclic) bond motifs is 3. The summed E-state index contributed by atoms with van der Waals surface area (Å²) >= 11 is 0. The normalized spacial score (nSPS) is 11.6. The maximum Gasteiger partial charge on any atom is 0.243 e. The van der Waals surface area contributed by atoms with E-state index >= 15 is 0 Å². The van der Waals surface area contributed by atoms with Crippen LogP contribution in [0.1, 0.15) is 33.4 Å². The van der Waals surface area contributed by atoms with E-state index in [1.54, 1.807) is 0 Å². The molecule has 0 bridgehead atoms. The number of pyridine rings is 1. The van der Waals surface area contributed by atoms with Crippen LogP contribution in [0.15, 0.2) is 164 Å². The molecule has 0 aliphatic carbocycles. The Morgan fingerprint density at radius 1 is 0.431 bits per heavy atom. The standard InChI is InChI=1S/C55H45BN2/c1-34-29-36(3)54(37(4)30-34)56(55-38(5)31-35(2)32-39(55)6)49-27-26-47-45-19-13-14-20-46(45)52-44(24-21-40-22-25-48(49)53(47)51(40)52)41-23-28-50(57-33-41)58(42-15-9-7-10-16-42)43-17-11-8-12-18-43/h7-33H,1-6H3. The first-order valence-electron chi connectivity index (χ1n) is 20.4. The molecule has 0 atom stereocenters. The monoisotopic (exact) mass is 744 g/mol. The molecule has 10 aromatic rings. The summed E-state index contributed by atoms with van der Waals surface area (Å²) in [6.45, 7) is 13.7. The average molecular weight is 745 g/mol. The van der Waals surface area contributed by atoms with Gasteiger partial charge in [-0.15, -0.1) is 0 Å². The first kappa shape index (κ1) is 35.7. The van der Waals surface area contributed by atoms with Gasteiger partial charge in [-0.3, -0.25) is 4.90 Å². The van der Waals surface area contributed by atoms with Gasteiger partial charge in [0.2, 0.25) is 6.71 Å². The summed E-state index contributed by atoms with van der Waals surface area (Å²) in [5.74, 6) is 0.878. The van der Waals surface area contributed by atoms with Crippen molar-refractivity contribution < 1.29 is 0 Å². The second-order valence-corrected chi connectivity index (χ2v) is 16.3. The van der Waals surface area contributed by atoms with Crippen LogP contribution in [0.3, 0.4) is 0 Å². The number of para-hydroxylation sites is 2. The van der Waals surface area contributed by atoms with E-state index < -0.39 is 0 Å². The summed E-state index contributed by atoms with van der Waals surface area (Å²) in [6, 6.07) is 58.0. The summed E-state index contributed by atoms with van der Waals surface area (Å²) in [4.78, 5) is 7.39. The van der Waals surface area contributed by atoms with Crippen LogP contribution in [0, 0.1) is 41.5 Å². The zero-order chi connectivity index (χ0) is 39.7. The minimum absolute atomic E-state index is 0.0745. The van der Waals surface area contributed by atoms with Crippen LogP contribution in [0.25, 0.3) is 54.2 Å². The molecule has 0 saturated heterocycles. The molecule has 0 fully saturated rings. The number of aromatic nitrogens is 1. The molecule has 278 valence electrons. The summed E-state index contributed by atoms with van der Waals surface area (Å²) in [7, 11) is 0. The molecule has 1 aromatic heterocycles. The second kappa shape index (κ2) is 14.0. The van der Waals surface area contributed by atoms with Gasteiger partial charge in [0, 0.05) is 23.1 Å². The molecule has 1 heterocycles. The third kappa shape index (κ3) is 5.76. The fourth-order valence-corrected chi connectivity index (χ4v) is 10.2. The Morgan fingerprint density at radius 3 is 1.52 bits per heavy atom. The molecule has 58 heavy (non-hydrogen) atoms. The maximum atomic E-state index is 5.17. The van der Waals surface area contributed by atoms with Crippen molar-refractivity contribution in [3.8, 4) is 11.1 Å². The van der Waals surface area contributed by atoms with Gasteiger partial charge in [-0.1, -0.05) is 171 Å². The van der Waals surface area contributed by atoms with Gasteiger partial charge in [0.15, 0.2) is 0 Å². The van der Waals surface area contributed by atoms with Crippen LogP contribution in [-0.2, 0) is 0 Å². The van der Waals surface area contributed by atoms with Crippen molar-refractivity contribution in [2.24, 2.45) is 0 Å². The van der Waals surface area contributed by atoms with Gasteiger partial charge in [-0.2, -0.15) is 0 Å². The number of benzene rings is 9. The van der Waals surface area contributed by atoms with E-state index in [1.807, 2.05) is 0 Å². The highest BCUT2D eigenvalue weighted by molar-refractivity contribution is 6.98. The lowest BCUT2D eigenvalue weighted by Gasteiger charge is -2.27. The average Bonchev–Trinajstić information content (AvgIpc) is 3.23. The van der Waals surface area contributed by atoms with Crippen molar-refractivity contribution in [2.75, 3.05) is 4.90 Å².